The van der Waals surface area contributed by atoms with E-state index in [0.29, 0.717) is 5.70 Å². The summed E-state index contributed by atoms with van der Waals surface area (Å²) in [4.78, 5) is 3.81. The molecule has 0 saturated carbocycles. The fourth-order valence-corrected chi connectivity index (χ4v) is 0.460. The molecule has 48 valence electrons. The molecule has 2 heteroatoms. The van der Waals surface area contributed by atoms with Gasteiger partial charge in [-0.2, -0.15) is 5.26 Å². The summed E-state index contributed by atoms with van der Waals surface area (Å²) in [6.45, 7) is 3.77. The van der Waals surface area contributed by atoms with Gasteiger partial charge in [0.25, 0.3) is 0 Å². The molecule has 0 amide bonds. The predicted octanol–water partition coefficient (Wildman–Crippen LogP) is 1.89. The first-order chi connectivity index (χ1) is 4.35. The van der Waals surface area contributed by atoms with Crippen LogP contribution in [0.5, 0.6) is 0 Å². The molecule has 0 fully saturated rings. The fraction of sp³-hybridized carbons (Fsp3) is 0.429. The second kappa shape index (κ2) is 5.04. The number of aliphatic imine (C=N–C) groups is 1. The molecular weight excluding hydrogens is 112 g/mol. The first-order valence-electron chi connectivity index (χ1n) is 2.94. The molecule has 0 aromatic carbocycles. The Balaban J connectivity index is 4.02. The van der Waals surface area contributed by atoms with Crippen molar-refractivity contribution in [2.45, 2.75) is 20.3 Å². The lowest BCUT2D eigenvalue weighted by atomic mass is 10.4. The Morgan fingerprint density at radius 3 is 2.78 bits per heavy atom. The summed E-state index contributed by atoms with van der Waals surface area (Å²) in [5.74, 6) is 0. The molecule has 0 bridgehead atoms. The van der Waals surface area contributed by atoms with Crippen LogP contribution in [0.25, 0.3) is 0 Å². The Kier molecular flexibility index (Phi) is 4.43. The monoisotopic (exact) mass is 122 g/mol. The zero-order chi connectivity index (χ0) is 7.11. The van der Waals surface area contributed by atoms with Gasteiger partial charge in [-0.05, 0) is 19.4 Å². The molecule has 0 aliphatic rings. The Morgan fingerprint density at radius 1 is 1.78 bits per heavy atom. The maximum absolute atomic E-state index is 8.36. The number of allylic oxidation sites excluding steroid dienone is 2. The Hall–Kier alpha value is -1.10. The standard InChI is InChI=1S/C7H10N2/c1-3-5-7(6-8)9-4-2/h4-5H,3H2,1-2H3. The van der Waals surface area contributed by atoms with Crippen LogP contribution in [0.3, 0.4) is 0 Å². The van der Waals surface area contributed by atoms with E-state index in [0.717, 1.165) is 6.42 Å². The number of hydrogen-bond acceptors (Lipinski definition) is 2. The van der Waals surface area contributed by atoms with E-state index in [1.165, 1.54) is 0 Å². The second-order valence-electron chi connectivity index (χ2n) is 1.50. The molecule has 0 rings (SSSR count). The summed E-state index contributed by atoms with van der Waals surface area (Å²) in [6, 6.07) is 1.97. The zero-order valence-electron chi connectivity index (χ0n) is 5.76. The van der Waals surface area contributed by atoms with Crippen molar-refractivity contribution < 1.29 is 0 Å². The number of hydrogen-bond donors (Lipinski definition) is 0. The van der Waals surface area contributed by atoms with Crippen LogP contribution in [-0.2, 0) is 0 Å². The third-order valence-electron chi connectivity index (χ3n) is 0.780. The summed E-state index contributed by atoms with van der Waals surface area (Å²) in [6.07, 6.45) is 4.27. The van der Waals surface area contributed by atoms with Crippen molar-refractivity contribution >= 4 is 6.21 Å². The summed E-state index contributed by atoms with van der Waals surface area (Å²) < 4.78 is 0. The van der Waals surface area contributed by atoms with Crippen LogP contribution in [-0.4, -0.2) is 6.21 Å². The van der Waals surface area contributed by atoms with Gasteiger partial charge in [-0.25, -0.2) is 0 Å². The van der Waals surface area contributed by atoms with E-state index < -0.39 is 0 Å². The quantitative estimate of drug-likeness (QED) is 0.407. The topological polar surface area (TPSA) is 36.1 Å². The fourth-order valence-electron chi connectivity index (χ4n) is 0.460. The van der Waals surface area contributed by atoms with E-state index in [4.69, 9.17) is 5.26 Å². The Morgan fingerprint density at radius 2 is 2.44 bits per heavy atom. The summed E-state index contributed by atoms with van der Waals surface area (Å²) in [5.41, 5.74) is 0.500. The minimum Gasteiger partial charge on any atom is -0.251 e. The molecule has 0 unspecified atom stereocenters. The summed E-state index contributed by atoms with van der Waals surface area (Å²) in [7, 11) is 0. The molecule has 0 aromatic heterocycles. The molecule has 0 aromatic rings. The van der Waals surface area contributed by atoms with Gasteiger partial charge in [0.05, 0.1) is 0 Å². The number of rotatable bonds is 2. The molecule has 0 heterocycles. The highest BCUT2D eigenvalue weighted by molar-refractivity contribution is 5.56. The van der Waals surface area contributed by atoms with Gasteiger partial charge in [0, 0.05) is 6.21 Å². The predicted molar refractivity (Wildman–Crippen MR) is 38.2 cm³/mol. The van der Waals surface area contributed by atoms with Crippen LogP contribution in [0.1, 0.15) is 20.3 Å². The van der Waals surface area contributed by atoms with Crippen molar-refractivity contribution in [2.75, 3.05) is 0 Å². The van der Waals surface area contributed by atoms with Crippen LogP contribution >= 0.6 is 0 Å². The molecule has 2 nitrogen and oxygen atoms in total. The maximum Gasteiger partial charge on any atom is 0.136 e. The van der Waals surface area contributed by atoms with E-state index >= 15 is 0 Å². The van der Waals surface area contributed by atoms with Crippen LogP contribution in [0.15, 0.2) is 16.8 Å². The number of nitriles is 1. The molecule has 0 atom stereocenters. The van der Waals surface area contributed by atoms with Crippen LogP contribution < -0.4 is 0 Å². The van der Waals surface area contributed by atoms with Crippen LogP contribution in [0.4, 0.5) is 0 Å². The third-order valence-corrected chi connectivity index (χ3v) is 0.780. The van der Waals surface area contributed by atoms with E-state index in [9.17, 15) is 0 Å². The van der Waals surface area contributed by atoms with Gasteiger partial charge in [0.1, 0.15) is 11.8 Å². The highest BCUT2D eigenvalue weighted by Gasteiger charge is 1.83. The molecule has 0 radical (unpaired) electrons. The molecule has 0 saturated heterocycles. The van der Waals surface area contributed by atoms with E-state index in [2.05, 4.69) is 4.99 Å². The molecule has 9 heavy (non-hydrogen) atoms. The van der Waals surface area contributed by atoms with Gasteiger partial charge in [-0.15, -0.1) is 0 Å². The van der Waals surface area contributed by atoms with Gasteiger partial charge in [0.15, 0.2) is 0 Å². The lowest BCUT2D eigenvalue weighted by Crippen LogP contribution is -1.71. The minimum atomic E-state index is 0.500. The summed E-state index contributed by atoms with van der Waals surface area (Å²) >= 11 is 0. The van der Waals surface area contributed by atoms with Gasteiger partial charge in [-0.3, -0.25) is 4.99 Å². The van der Waals surface area contributed by atoms with Gasteiger partial charge in [0.2, 0.25) is 0 Å². The lowest BCUT2D eigenvalue weighted by molar-refractivity contribution is 1.19. The van der Waals surface area contributed by atoms with Gasteiger partial charge < -0.3 is 0 Å². The highest BCUT2D eigenvalue weighted by Crippen LogP contribution is 1.94. The second-order valence-corrected chi connectivity index (χ2v) is 1.50. The minimum absolute atomic E-state index is 0.500. The van der Waals surface area contributed by atoms with E-state index in [1.54, 1.807) is 19.2 Å². The van der Waals surface area contributed by atoms with Crippen LogP contribution in [0.2, 0.25) is 0 Å². The molecule has 0 N–H and O–H groups in total. The van der Waals surface area contributed by atoms with Crippen molar-refractivity contribution in [2.24, 2.45) is 4.99 Å². The SMILES string of the molecule is CC=NC(C#N)=CCC. The number of nitrogens with zero attached hydrogens (tertiary/aromatic N) is 2. The van der Waals surface area contributed by atoms with E-state index in [1.807, 2.05) is 13.0 Å². The Bertz CT molecular complexity index is 160. The van der Waals surface area contributed by atoms with Gasteiger partial charge >= 0.3 is 0 Å². The van der Waals surface area contributed by atoms with E-state index in [-0.39, 0.29) is 0 Å². The third kappa shape index (κ3) is 3.48. The smallest absolute Gasteiger partial charge is 0.136 e. The largest absolute Gasteiger partial charge is 0.251 e. The molecule has 0 spiro atoms. The van der Waals surface area contributed by atoms with Gasteiger partial charge in [-0.1, -0.05) is 6.92 Å². The normalized spacial score (nSPS) is 11.9. The average molecular weight is 122 g/mol. The lowest BCUT2D eigenvalue weighted by Gasteiger charge is -1.82. The first-order valence-corrected chi connectivity index (χ1v) is 2.94. The van der Waals surface area contributed by atoms with Crippen molar-refractivity contribution in [3.05, 3.63) is 11.8 Å². The Labute approximate surface area is 55.5 Å². The highest BCUT2D eigenvalue weighted by atomic mass is 14.7. The maximum atomic E-state index is 8.36. The zero-order valence-corrected chi connectivity index (χ0v) is 5.76. The van der Waals surface area contributed by atoms with Crippen molar-refractivity contribution in [1.29, 1.82) is 5.26 Å². The van der Waals surface area contributed by atoms with Crippen molar-refractivity contribution in [1.82, 2.24) is 0 Å². The average Bonchev–Trinajstić information content (AvgIpc) is 1.88. The van der Waals surface area contributed by atoms with Crippen molar-refractivity contribution in [3.63, 3.8) is 0 Å². The van der Waals surface area contributed by atoms with Crippen LogP contribution in [0, 0.1) is 11.3 Å². The molecule has 0 aliphatic heterocycles. The van der Waals surface area contributed by atoms with Crippen molar-refractivity contribution in [3.8, 4) is 6.07 Å². The molecular formula is C7H10N2. The molecule has 0 aliphatic carbocycles. The summed E-state index contributed by atoms with van der Waals surface area (Å²) in [5, 5.41) is 8.36. The first kappa shape index (κ1) is 7.90.